The number of nitrogens with one attached hydrogen (secondary N) is 2. The van der Waals surface area contributed by atoms with Gasteiger partial charge in [0.1, 0.15) is 6.61 Å². The fourth-order valence-corrected chi connectivity index (χ4v) is 1.47. The third kappa shape index (κ3) is 6.53. The Morgan fingerprint density at radius 3 is 2.95 bits per heavy atom. The summed E-state index contributed by atoms with van der Waals surface area (Å²) >= 11 is 5.03. The van der Waals surface area contributed by atoms with Crippen molar-refractivity contribution in [2.75, 3.05) is 18.5 Å². The molecule has 0 aromatic heterocycles. The maximum Gasteiger partial charge on any atom is 0.413 e. The number of hydrogen-bond acceptors (Lipinski definition) is 5. The monoisotopic (exact) mass is 307 g/mol. The van der Waals surface area contributed by atoms with E-state index in [-0.39, 0.29) is 11.7 Å². The van der Waals surface area contributed by atoms with E-state index in [4.69, 9.17) is 21.7 Å². The Hall–Kier alpha value is -2.41. The molecule has 0 saturated carbocycles. The van der Waals surface area contributed by atoms with Gasteiger partial charge in [-0.1, -0.05) is 24.8 Å². The fraction of sp³-hybridized carbons (Fsp3) is 0.214. The van der Waals surface area contributed by atoms with E-state index in [1.165, 1.54) is 12.5 Å². The molecule has 0 aliphatic rings. The average molecular weight is 307 g/mol. The molecule has 0 spiro atoms. The van der Waals surface area contributed by atoms with Gasteiger partial charge in [-0.2, -0.15) is 0 Å². The smallest absolute Gasteiger partial charge is 0.413 e. The highest BCUT2D eigenvalue weighted by atomic mass is 32.1. The van der Waals surface area contributed by atoms with E-state index in [9.17, 15) is 4.79 Å². The third-order valence-corrected chi connectivity index (χ3v) is 2.34. The number of nitrogens with zero attached hydrogens (tertiary/aromatic N) is 1. The van der Waals surface area contributed by atoms with E-state index in [0.717, 1.165) is 0 Å². The van der Waals surface area contributed by atoms with Crippen molar-refractivity contribution in [1.29, 1.82) is 0 Å². The lowest BCUT2D eigenvalue weighted by Crippen LogP contribution is -2.34. The number of anilines is 1. The Morgan fingerprint density at radius 2 is 2.24 bits per heavy atom. The molecule has 21 heavy (non-hydrogen) atoms. The number of carbonyl (C=O) groups is 1. The Labute approximate surface area is 128 Å². The second-order valence-corrected chi connectivity index (χ2v) is 4.08. The van der Waals surface area contributed by atoms with E-state index in [2.05, 4.69) is 22.2 Å². The SMILES string of the molecule is C=CCOC(=O)NC(=S)Nc1ccccc1N=COCC. The van der Waals surface area contributed by atoms with E-state index in [1.807, 2.05) is 19.1 Å². The predicted octanol–water partition coefficient (Wildman–Crippen LogP) is 2.99. The largest absolute Gasteiger partial charge is 0.483 e. The first-order valence-electron chi connectivity index (χ1n) is 6.26. The number of thiocarbonyl (C=S) groups is 1. The zero-order chi connectivity index (χ0) is 15.5. The normalized spacial score (nSPS) is 9.95. The van der Waals surface area contributed by atoms with Crippen LogP contribution >= 0.6 is 12.2 Å². The summed E-state index contributed by atoms with van der Waals surface area (Å²) in [5, 5.41) is 5.37. The van der Waals surface area contributed by atoms with Crippen molar-refractivity contribution >= 4 is 41.2 Å². The Balaban J connectivity index is 2.63. The number of ether oxygens (including phenoxy) is 2. The molecule has 7 heteroatoms. The van der Waals surface area contributed by atoms with Crippen molar-refractivity contribution in [2.24, 2.45) is 4.99 Å². The van der Waals surface area contributed by atoms with E-state index < -0.39 is 6.09 Å². The van der Waals surface area contributed by atoms with Crippen LogP contribution in [0.25, 0.3) is 0 Å². The summed E-state index contributed by atoms with van der Waals surface area (Å²) in [4.78, 5) is 15.5. The molecule has 0 heterocycles. The van der Waals surface area contributed by atoms with Crippen LogP contribution < -0.4 is 10.6 Å². The third-order valence-electron chi connectivity index (χ3n) is 2.13. The van der Waals surface area contributed by atoms with Crippen LogP contribution in [0.2, 0.25) is 0 Å². The van der Waals surface area contributed by atoms with Gasteiger partial charge >= 0.3 is 6.09 Å². The number of amides is 1. The quantitative estimate of drug-likeness (QED) is 0.366. The van der Waals surface area contributed by atoms with Crippen molar-refractivity contribution in [2.45, 2.75) is 6.92 Å². The highest BCUT2D eigenvalue weighted by Gasteiger charge is 2.07. The Morgan fingerprint density at radius 1 is 1.48 bits per heavy atom. The lowest BCUT2D eigenvalue weighted by atomic mass is 10.3. The van der Waals surface area contributed by atoms with Crippen molar-refractivity contribution in [3.63, 3.8) is 0 Å². The second-order valence-electron chi connectivity index (χ2n) is 3.67. The highest BCUT2D eigenvalue weighted by molar-refractivity contribution is 7.80. The van der Waals surface area contributed by atoms with Gasteiger partial charge in [0.05, 0.1) is 18.0 Å². The van der Waals surface area contributed by atoms with Gasteiger partial charge in [0.25, 0.3) is 0 Å². The predicted molar refractivity (Wildman–Crippen MR) is 87.1 cm³/mol. The molecule has 1 rings (SSSR count). The van der Waals surface area contributed by atoms with Gasteiger partial charge in [0.15, 0.2) is 11.5 Å². The molecule has 2 N–H and O–H groups in total. The van der Waals surface area contributed by atoms with Crippen LogP contribution in [0, 0.1) is 0 Å². The van der Waals surface area contributed by atoms with Gasteiger partial charge in [-0.05, 0) is 31.3 Å². The van der Waals surface area contributed by atoms with Crippen LogP contribution in [-0.2, 0) is 9.47 Å². The second kappa shape index (κ2) is 9.49. The summed E-state index contributed by atoms with van der Waals surface area (Å²) in [7, 11) is 0. The molecular weight excluding hydrogens is 290 g/mol. The van der Waals surface area contributed by atoms with Crippen LogP contribution in [-0.4, -0.2) is 30.8 Å². The zero-order valence-electron chi connectivity index (χ0n) is 11.7. The van der Waals surface area contributed by atoms with Crippen molar-refractivity contribution in [3.8, 4) is 0 Å². The van der Waals surface area contributed by atoms with Crippen molar-refractivity contribution in [3.05, 3.63) is 36.9 Å². The van der Waals surface area contributed by atoms with Gasteiger partial charge in [-0.15, -0.1) is 0 Å². The molecule has 1 amide bonds. The molecule has 0 aliphatic carbocycles. The van der Waals surface area contributed by atoms with Gasteiger partial charge < -0.3 is 14.8 Å². The summed E-state index contributed by atoms with van der Waals surface area (Å²) in [6, 6.07) is 7.22. The molecule has 0 saturated heterocycles. The molecule has 1 aromatic carbocycles. The summed E-state index contributed by atoms with van der Waals surface area (Å²) in [5.74, 6) is 0. The van der Waals surface area contributed by atoms with Crippen LogP contribution in [0.5, 0.6) is 0 Å². The standard InChI is InChI=1S/C14H17N3O3S/c1-3-9-20-14(18)17-13(21)16-12-8-6-5-7-11(12)15-10-19-4-2/h3,5-8,10H,1,4,9H2,2H3,(H2,16,17,18,21). The molecule has 0 atom stereocenters. The maximum absolute atomic E-state index is 11.3. The minimum Gasteiger partial charge on any atom is -0.483 e. The number of carbonyl (C=O) groups excluding carboxylic acids is 1. The molecule has 1 aromatic rings. The number of alkyl carbamates (subject to hydrolysis) is 1. The Kier molecular flexibility index (Phi) is 7.52. The van der Waals surface area contributed by atoms with Crippen LogP contribution in [0.4, 0.5) is 16.2 Å². The first-order chi connectivity index (χ1) is 10.2. The Bertz CT molecular complexity index is 532. The van der Waals surface area contributed by atoms with Crippen molar-refractivity contribution < 1.29 is 14.3 Å². The fourth-order valence-electron chi connectivity index (χ4n) is 1.28. The van der Waals surface area contributed by atoms with Crippen LogP contribution in [0.15, 0.2) is 41.9 Å². The molecule has 6 nitrogen and oxygen atoms in total. The van der Waals surface area contributed by atoms with Gasteiger partial charge in [0, 0.05) is 0 Å². The number of para-hydroxylation sites is 2. The lowest BCUT2D eigenvalue weighted by Gasteiger charge is -2.11. The minimum absolute atomic E-state index is 0.114. The number of aliphatic imine (C=N–C) groups is 1. The van der Waals surface area contributed by atoms with Crippen LogP contribution in [0.1, 0.15) is 6.92 Å². The number of benzene rings is 1. The molecule has 0 radical (unpaired) electrons. The molecule has 112 valence electrons. The van der Waals surface area contributed by atoms with E-state index >= 15 is 0 Å². The van der Waals surface area contributed by atoms with E-state index in [0.29, 0.717) is 18.0 Å². The summed E-state index contributed by atoms with van der Waals surface area (Å²) in [6.07, 6.45) is 2.17. The summed E-state index contributed by atoms with van der Waals surface area (Å²) < 4.78 is 9.82. The average Bonchev–Trinajstić information content (AvgIpc) is 2.47. The van der Waals surface area contributed by atoms with Gasteiger partial charge in [-0.3, -0.25) is 5.32 Å². The van der Waals surface area contributed by atoms with Crippen LogP contribution in [0.3, 0.4) is 0 Å². The first kappa shape index (κ1) is 16.6. The minimum atomic E-state index is -0.650. The maximum atomic E-state index is 11.3. The molecule has 0 unspecified atom stereocenters. The first-order valence-corrected chi connectivity index (χ1v) is 6.67. The highest BCUT2D eigenvalue weighted by Crippen LogP contribution is 2.23. The zero-order valence-corrected chi connectivity index (χ0v) is 12.5. The van der Waals surface area contributed by atoms with Crippen molar-refractivity contribution in [1.82, 2.24) is 5.32 Å². The summed E-state index contributed by atoms with van der Waals surface area (Å²) in [5.41, 5.74) is 1.28. The van der Waals surface area contributed by atoms with Gasteiger partial charge in [-0.25, -0.2) is 9.79 Å². The van der Waals surface area contributed by atoms with E-state index in [1.54, 1.807) is 12.1 Å². The molecule has 0 bridgehead atoms. The lowest BCUT2D eigenvalue weighted by molar-refractivity contribution is 0.164. The molecular formula is C14H17N3O3S. The number of hydrogen-bond donors (Lipinski definition) is 2. The topological polar surface area (TPSA) is 72.0 Å². The molecule has 0 fully saturated rings. The summed E-state index contributed by atoms with van der Waals surface area (Å²) in [6.45, 7) is 5.96. The molecule has 0 aliphatic heterocycles. The van der Waals surface area contributed by atoms with Gasteiger partial charge in [0.2, 0.25) is 0 Å². The number of rotatable bonds is 6.